The fourth-order valence-corrected chi connectivity index (χ4v) is 6.79. The van der Waals surface area contributed by atoms with Gasteiger partial charge in [0.15, 0.2) is 5.69 Å². The van der Waals surface area contributed by atoms with Crippen LogP contribution in [0, 0.1) is 17.9 Å². The van der Waals surface area contributed by atoms with E-state index in [-0.39, 0.29) is 10.8 Å². The molecule has 0 bridgehead atoms. The molecule has 5 heteroatoms. The van der Waals surface area contributed by atoms with Gasteiger partial charge in [-0.1, -0.05) is 52.0 Å². The molecule has 0 N–H and O–H groups in total. The molecule has 34 heavy (non-hydrogen) atoms. The van der Waals surface area contributed by atoms with Crippen LogP contribution in [0.2, 0.25) is 0 Å². The quantitative estimate of drug-likeness (QED) is 0.240. The van der Waals surface area contributed by atoms with E-state index in [1.165, 1.54) is 33.7 Å². The van der Waals surface area contributed by atoms with Crippen LogP contribution >= 0.6 is 12.2 Å². The Labute approximate surface area is 207 Å². The molecule has 1 aliphatic carbocycles. The Kier molecular flexibility index (Phi) is 4.80. The third-order valence-electron chi connectivity index (χ3n) is 7.90. The third kappa shape index (κ3) is 2.84. The zero-order valence-electron chi connectivity index (χ0n) is 20.6. The molecule has 3 aliphatic rings. The zero-order valence-corrected chi connectivity index (χ0v) is 21.4. The van der Waals surface area contributed by atoms with Gasteiger partial charge in [-0.3, -0.25) is 0 Å². The van der Waals surface area contributed by atoms with Crippen molar-refractivity contribution in [1.29, 1.82) is 5.26 Å². The molecule has 0 spiro atoms. The largest absolute Gasteiger partial charge is 0.347 e. The van der Waals surface area contributed by atoms with E-state index in [2.05, 4.69) is 74.6 Å². The van der Waals surface area contributed by atoms with Crippen molar-refractivity contribution in [3.05, 3.63) is 87.0 Å². The van der Waals surface area contributed by atoms with E-state index >= 15 is 0 Å². The lowest BCUT2D eigenvalue weighted by atomic mass is 9.80. The van der Waals surface area contributed by atoms with Gasteiger partial charge in [0.2, 0.25) is 0 Å². The summed E-state index contributed by atoms with van der Waals surface area (Å²) in [6.07, 6.45) is 1.82. The Hall–Kier alpha value is -3.41. The number of fused-ring (bicyclic) bond motifs is 2. The summed E-state index contributed by atoms with van der Waals surface area (Å²) in [5.74, 6) is 0. The number of allylic oxidation sites excluding steroid dienone is 4. The number of hydrogen-bond donors (Lipinski definition) is 0. The lowest BCUT2D eigenvalue weighted by Crippen LogP contribution is -2.28. The number of rotatable bonds is 0. The lowest BCUT2D eigenvalue weighted by molar-refractivity contribution is 0.630. The van der Waals surface area contributed by atoms with Crippen LogP contribution in [0.3, 0.4) is 0 Å². The molecular weight excluding hydrogens is 436 g/mol. The molecule has 1 fully saturated rings. The van der Waals surface area contributed by atoms with E-state index in [4.69, 9.17) is 18.8 Å². The van der Waals surface area contributed by atoms with Gasteiger partial charge in [-0.05, 0) is 59.4 Å². The van der Waals surface area contributed by atoms with Crippen molar-refractivity contribution in [2.75, 3.05) is 23.9 Å². The molecule has 2 aromatic rings. The summed E-state index contributed by atoms with van der Waals surface area (Å²) in [7, 11) is 4.23. The second-order valence-electron chi connectivity index (χ2n) is 10.5. The Balaban J connectivity index is 1.65. The maximum Gasteiger partial charge on any atom is 0.187 e. The summed E-state index contributed by atoms with van der Waals surface area (Å²) in [5.41, 5.74) is 10.5. The maximum atomic E-state index is 9.44. The van der Waals surface area contributed by atoms with E-state index in [1.54, 1.807) is 0 Å². The SMILES string of the molecule is [C-]#[N+]c1ccc2c(c1)C(C)(C)C(=C1CCC(=C3N(C)c4ccc(C#N)cc4C3(C)C)C1=S)N2C. The molecular formula is C29H28N4S. The molecule has 170 valence electrons. The highest BCUT2D eigenvalue weighted by atomic mass is 32.1. The van der Waals surface area contributed by atoms with Crippen molar-refractivity contribution in [2.24, 2.45) is 0 Å². The summed E-state index contributed by atoms with van der Waals surface area (Å²) >= 11 is 6.20. The minimum atomic E-state index is -0.235. The fraction of sp³-hybridized carbons (Fsp3) is 0.345. The molecule has 0 radical (unpaired) electrons. The first-order valence-electron chi connectivity index (χ1n) is 11.6. The van der Waals surface area contributed by atoms with Gasteiger partial charge in [-0.2, -0.15) is 5.26 Å². The highest BCUT2D eigenvalue weighted by Gasteiger charge is 2.45. The number of nitriles is 1. The normalized spacial score (nSPS) is 24.2. The molecule has 4 nitrogen and oxygen atoms in total. The van der Waals surface area contributed by atoms with Crippen LogP contribution in [0.25, 0.3) is 4.85 Å². The first-order valence-corrected chi connectivity index (χ1v) is 12.0. The van der Waals surface area contributed by atoms with Gasteiger partial charge in [0.1, 0.15) is 0 Å². The van der Waals surface area contributed by atoms with Crippen LogP contribution in [0.4, 0.5) is 17.1 Å². The summed E-state index contributed by atoms with van der Waals surface area (Å²) in [6.45, 7) is 16.4. The number of nitrogens with zero attached hydrogens (tertiary/aromatic N) is 4. The highest BCUT2D eigenvalue weighted by Crippen LogP contribution is 2.54. The average Bonchev–Trinajstić information content (AvgIpc) is 3.33. The molecule has 2 aromatic carbocycles. The van der Waals surface area contributed by atoms with Gasteiger partial charge < -0.3 is 9.80 Å². The van der Waals surface area contributed by atoms with Crippen LogP contribution in [-0.2, 0) is 10.8 Å². The number of hydrogen-bond acceptors (Lipinski definition) is 4. The minimum Gasteiger partial charge on any atom is -0.347 e. The summed E-state index contributed by atoms with van der Waals surface area (Å²) in [6, 6.07) is 14.2. The first kappa shape index (κ1) is 22.4. The van der Waals surface area contributed by atoms with E-state index in [9.17, 15) is 5.26 Å². The Morgan fingerprint density at radius 1 is 0.882 bits per heavy atom. The molecule has 0 amide bonds. The van der Waals surface area contributed by atoms with E-state index < -0.39 is 0 Å². The number of thiocarbonyl (C=S) groups is 1. The van der Waals surface area contributed by atoms with Crippen LogP contribution in [-0.4, -0.2) is 19.0 Å². The topological polar surface area (TPSA) is 34.6 Å². The minimum absolute atomic E-state index is 0.230. The van der Waals surface area contributed by atoms with Crippen LogP contribution in [0.15, 0.2) is 58.9 Å². The zero-order chi connectivity index (χ0) is 24.6. The van der Waals surface area contributed by atoms with Gasteiger partial charge in [0.05, 0.1) is 18.2 Å². The van der Waals surface area contributed by atoms with Gasteiger partial charge in [0, 0.05) is 52.6 Å². The summed E-state index contributed by atoms with van der Waals surface area (Å²) in [5, 5.41) is 9.44. The standard InChI is InChI=1S/C29H28N4S/c1-28(2)21-14-17(16-30)8-12-23(21)32(6)26(28)19-10-11-20(25(19)34)27-29(3,4)22-15-18(31-5)9-13-24(22)33(27)7/h8-9,12-15H,10-11H2,1-4,6-7H3. The van der Waals surface area contributed by atoms with Crippen molar-refractivity contribution in [3.63, 3.8) is 0 Å². The van der Waals surface area contributed by atoms with Crippen molar-refractivity contribution in [1.82, 2.24) is 0 Å². The molecule has 2 heterocycles. The lowest BCUT2D eigenvalue weighted by Gasteiger charge is -2.28. The predicted molar refractivity (Wildman–Crippen MR) is 143 cm³/mol. The molecule has 5 rings (SSSR count). The van der Waals surface area contributed by atoms with E-state index in [0.29, 0.717) is 11.3 Å². The Morgan fingerprint density at radius 2 is 1.38 bits per heavy atom. The molecule has 2 aliphatic heterocycles. The third-order valence-corrected chi connectivity index (χ3v) is 8.40. The van der Waals surface area contributed by atoms with Crippen LogP contribution in [0.5, 0.6) is 0 Å². The Bertz CT molecular complexity index is 1320. The van der Waals surface area contributed by atoms with E-state index in [0.717, 1.165) is 29.1 Å². The second kappa shape index (κ2) is 7.29. The number of benzene rings is 2. The smallest absolute Gasteiger partial charge is 0.187 e. The number of likely N-dealkylation sites (N-methyl/N-ethyl adjacent to an activating group) is 2. The summed E-state index contributed by atoms with van der Waals surface area (Å²) < 4.78 is 0. The predicted octanol–water partition coefficient (Wildman–Crippen LogP) is 6.94. The van der Waals surface area contributed by atoms with Gasteiger partial charge in [-0.15, -0.1) is 0 Å². The van der Waals surface area contributed by atoms with Crippen molar-refractivity contribution in [3.8, 4) is 6.07 Å². The highest BCUT2D eigenvalue weighted by molar-refractivity contribution is 7.81. The van der Waals surface area contributed by atoms with Gasteiger partial charge in [-0.25, -0.2) is 4.85 Å². The molecule has 0 unspecified atom stereocenters. The van der Waals surface area contributed by atoms with Crippen molar-refractivity contribution in [2.45, 2.75) is 51.4 Å². The monoisotopic (exact) mass is 464 g/mol. The fourth-order valence-electron chi connectivity index (χ4n) is 6.39. The van der Waals surface area contributed by atoms with Crippen LogP contribution in [0.1, 0.15) is 57.2 Å². The van der Waals surface area contributed by atoms with Gasteiger partial charge >= 0.3 is 0 Å². The van der Waals surface area contributed by atoms with Crippen LogP contribution < -0.4 is 9.80 Å². The molecule has 0 atom stereocenters. The van der Waals surface area contributed by atoms with Crippen molar-refractivity contribution < 1.29 is 0 Å². The first-order chi connectivity index (χ1) is 16.0. The number of anilines is 2. The molecule has 0 aromatic heterocycles. The second-order valence-corrected chi connectivity index (χ2v) is 10.9. The maximum absolute atomic E-state index is 9.44. The summed E-state index contributed by atoms with van der Waals surface area (Å²) in [4.78, 5) is 9.15. The molecule has 1 saturated carbocycles. The van der Waals surface area contributed by atoms with Gasteiger partial charge in [0.25, 0.3) is 0 Å². The molecule has 0 saturated heterocycles. The van der Waals surface area contributed by atoms with E-state index in [1.807, 2.05) is 24.3 Å². The Morgan fingerprint density at radius 3 is 1.88 bits per heavy atom. The van der Waals surface area contributed by atoms with Crippen molar-refractivity contribution >= 4 is 34.1 Å². The average molecular weight is 465 g/mol.